The van der Waals surface area contributed by atoms with Crippen molar-refractivity contribution in [3.05, 3.63) is 25.3 Å². The summed E-state index contributed by atoms with van der Waals surface area (Å²) in [6, 6.07) is 0. The molecule has 0 unspecified atom stereocenters. The second kappa shape index (κ2) is 8.84. The Hall–Kier alpha value is -1.18. The van der Waals surface area contributed by atoms with Gasteiger partial charge in [0.05, 0.1) is 0 Å². The summed E-state index contributed by atoms with van der Waals surface area (Å²) in [5.41, 5.74) is 0. The van der Waals surface area contributed by atoms with E-state index in [0.717, 1.165) is 19.3 Å². The number of hydrogen-bond acceptors (Lipinski definition) is 2. The van der Waals surface area contributed by atoms with E-state index < -0.39 is 0 Å². The molecule has 0 aromatic rings. The molecule has 0 amide bonds. The summed E-state index contributed by atoms with van der Waals surface area (Å²) in [7, 11) is 0. The lowest BCUT2D eigenvalue weighted by atomic mass is 9.88. The molecule has 0 fully saturated rings. The van der Waals surface area contributed by atoms with Crippen LogP contribution in [0.2, 0.25) is 0 Å². The molecule has 0 aliphatic heterocycles. The van der Waals surface area contributed by atoms with Gasteiger partial charge in [0.15, 0.2) is 5.78 Å². The van der Waals surface area contributed by atoms with E-state index in [9.17, 15) is 9.59 Å². The first-order valence-electron chi connectivity index (χ1n) is 6.73. The van der Waals surface area contributed by atoms with Gasteiger partial charge in [-0.2, -0.15) is 0 Å². The zero-order valence-corrected chi connectivity index (χ0v) is 11.9. The van der Waals surface area contributed by atoms with Gasteiger partial charge in [-0.3, -0.25) is 9.59 Å². The van der Waals surface area contributed by atoms with Crippen LogP contribution in [0.4, 0.5) is 0 Å². The monoisotopic (exact) mass is 250 g/mol. The van der Waals surface area contributed by atoms with Crippen molar-refractivity contribution < 1.29 is 9.59 Å². The number of carbonyl (C=O) groups is 2. The van der Waals surface area contributed by atoms with Gasteiger partial charge in [0, 0.05) is 18.3 Å². The normalized spacial score (nSPS) is 14.0. The van der Waals surface area contributed by atoms with Crippen LogP contribution in [-0.2, 0) is 9.59 Å². The van der Waals surface area contributed by atoms with Crippen LogP contribution in [-0.4, -0.2) is 11.6 Å². The Kier molecular flexibility index (Phi) is 8.27. The van der Waals surface area contributed by atoms with Gasteiger partial charge in [-0.1, -0.05) is 33.4 Å². The van der Waals surface area contributed by atoms with Crippen molar-refractivity contribution in [2.75, 3.05) is 0 Å². The molecule has 0 aromatic heterocycles. The van der Waals surface area contributed by atoms with Gasteiger partial charge in [0.2, 0.25) is 0 Å². The highest BCUT2D eigenvalue weighted by molar-refractivity contribution is 5.91. The summed E-state index contributed by atoms with van der Waals surface area (Å²) >= 11 is 0. The zero-order chi connectivity index (χ0) is 14.1. The zero-order valence-electron chi connectivity index (χ0n) is 11.9. The van der Waals surface area contributed by atoms with Crippen molar-refractivity contribution in [1.29, 1.82) is 0 Å². The molecular formula is C16H26O2. The summed E-state index contributed by atoms with van der Waals surface area (Å²) in [6.07, 6.45) is 6.03. The van der Waals surface area contributed by atoms with Crippen LogP contribution in [0, 0.1) is 17.8 Å². The minimum atomic E-state index is -0.0799. The molecule has 0 radical (unpaired) electrons. The number of ketones is 2. The Balaban J connectivity index is 4.19. The minimum absolute atomic E-state index is 0.0225. The molecule has 0 saturated heterocycles. The van der Waals surface area contributed by atoms with E-state index in [4.69, 9.17) is 0 Å². The largest absolute Gasteiger partial charge is 0.299 e. The molecule has 2 nitrogen and oxygen atoms in total. The van der Waals surface area contributed by atoms with Gasteiger partial charge in [-0.05, 0) is 31.3 Å². The molecular weight excluding hydrogens is 224 g/mol. The second-order valence-electron chi connectivity index (χ2n) is 5.32. The molecule has 0 aliphatic rings. The van der Waals surface area contributed by atoms with Crippen LogP contribution >= 0.6 is 0 Å². The third-order valence-corrected chi connectivity index (χ3v) is 3.20. The van der Waals surface area contributed by atoms with Crippen LogP contribution < -0.4 is 0 Å². The Labute approximate surface area is 111 Å². The van der Waals surface area contributed by atoms with Crippen molar-refractivity contribution in [3.8, 4) is 0 Å². The lowest BCUT2D eigenvalue weighted by molar-refractivity contribution is -0.122. The number of hydrogen-bond donors (Lipinski definition) is 0. The predicted octanol–water partition coefficient (Wildman–Crippen LogP) is 3.97. The van der Waals surface area contributed by atoms with E-state index >= 15 is 0 Å². The molecule has 0 bridgehead atoms. The lowest BCUT2D eigenvalue weighted by Gasteiger charge is -2.16. The van der Waals surface area contributed by atoms with Crippen LogP contribution in [0.3, 0.4) is 0 Å². The van der Waals surface area contributed by atoms with Crippen molar-refractivity contribution in [2.45, 2.75) is 46.5 Å². The molecule has 0 N–H and O–H groups in total. The number of rotatable bonds is 10. The van der Waals surface area contributed by atoms with Gasteiger partial charge < -0.3 is 0 Å². The Bertz CT molecular complexity index is 302. The van der Waals surface area contributed by atoms with Crippen LogP contribution in [0.15, 0.2) is 25.3 Å². The molecule has 0 spiro atoms. The van der Waals surface area contributed by atoms with E-state index in [2.05, 4.69) is 27.0 Å². The Morgan fingerprint density at radius 3 is 2.22 bits per heavy atom. The van der Waals surface area contributed by atoms with Gasteiger partial charge >= 0.3 is 0 Å². The van der Waals surface area contributed by atoms with Crippen molar-refractivity contribution in [2.24, 2.45) is 17.8 Å². The number of allylic oxidation sites excluding steroid dienone is 2. The molecule has 0 aliphatic carbocycles. The van der Waals surface area contributed by atoms with Gasteiger partial charge in [-0.25, -0.2) is 0 Å². The quantitative estimate of drug-likeness (QED) is 0.434. The Morgan fingerprint density at radius 2 is 1.78 bits per heavy atom. The third-order valence-electron chi connectivity index (χ3n) is 3.20. The van der Waals surface area contributed by atoms with E-state index in [1.165, 1.54) is 6.08 Å². The topological polar surface area (TPSA) is 34.1 Å². The molecule has 18 heavy (non-hydrogen) atoms. The Morgan fingerprint density at radius 1 is 1.17 bits per heavy atom. The van der Waals surface area contributed by atoms with Gasteiger partial charge in [0.25, 0.3) is 0 Å². The smallest absolute Gasteiger partial charge is 0.158 e. The maximum Gasteiger partial charge on any atom is 0.158 e. The molecule has 2 atom stereocenters. The molecule has 2 heteroatoms. The van der Waals surface area contributed by atoms with Crippen molar-refractivity contribution >= 4 is 11.6 Å². The average molecular weight is 250 g/mol. The standard InChI is InChI=1S/C16H26O2/c1-6-13(5)16(18)10-8-9-14(11-12(3)4)15(17)7-2/h6-7,12-14H,1-2,8-11H2,3-5H3/t13-,14-/m0/s1. The van der Waals surface area contributed by atoms with E-state index in [1.807, 2.05) is 6.92 Å². The average Bonchev–Trinajstić information content (AvgIpc) is 2.34. The summed E-state index contributed by atoms with van der Waals surface area (Å²) in [5, 5.41) is 0. The highest BCUT2D eigenvalue weighted by atomic mass is 16.1. The molecule has 0 aromatic carbocycles. The molecule has 0 rings (SSSR count). The first-order chi connectivity index (χ1) is 8.42. The van der Waals surface area contributed by atoms with Gasteiger partial charge in [0.1, 0.15) is 5.78 Å². The van der Waals surface area contributed by atoms with E-state index in [-0.39, 0.29) is 23.4 Å². The van der Waals surface area contributed by atoms with Crippen LogP contribution in [0.1, 0.15) is 46.5 Å². The fourth-order valence-electron chi connectivity index (χ4n) is 1.99. The number of carbonyl (C=O) groups excluding carboxylic acids is 2. The van der Waals surface area contributed by atoms with Gasteiger partial charge in [-0.15, -0.1) is 6.58 Å². The first-order valence-corrected chi connectivity index (χ1v) is 6.73. The van der Waals surface area contributed by atoms with Crippen LogP contribution in [0.25, 0.3) is 0 Å². The fraction of sp³-hybridized carbons (Fsp3) is 0.625. The highest BCUT2D eigenvalue weighted by Gasteiger charge is 2.18. The first kappa shape index (κ1) is 16.8. The molecule has 0 saturated carbocycles. The predicted molar refractivity (Wildman–Crippen MR) is 76.4 cm³/mol. The van der Waals surface area contributed by atoms with E-state index in [1.54, 1.807) is 6.08 Å². The maximum atomic E-state index is 11.7. The van der Waals surface area contributed by atoms with Crippen molar-refractivity contribution in [3.63, 3.8) is 0 Å². The van der Waals surface area contributed by atoms with Crippen molar-refractivity contribution in [1.82, 2.24) is 0 Å². The van der Waals surface area contributed by atoms with Crippen LogP contribution in [0.5, 0.6) is 0 Å². The SMILES string of the molecule is C=CC(=O)[C@@H](CCCC(=O)[C@@H](C)C=C)CC(C)C. The molecule has 0 heterocycles. The fourth-order valence-corrected chi connectivity index (χ4v) is 1.99. The summed E-state index contributed by atoms with van der Waals surface area (Å²) in [6.45, 7) is 13.2. The maximum absolute atomic E-state index is 11.7. The van der Waals surface area contributed by atoms with E-state index in [0.29, 0.717) is 12.3 Å². The molecule has 102 valence electrons. The second-order valence-corrected chi connectivity index (χ2v) is 5.32. The summed E-state index contributed by atoms with van der Waals surface area (Å²) in [4.78, 5) is 23.3. The highest BCUT2D eigenvalue weighted by Crippen LogP contribution is 2.20. The lowest BCUT2D eigenvalue weighted by Crippen LogP contribution is -2.16. The third kappa shape index (κ3) is 6.53. The minimum Gasteiger partial charge on any atom is -0.299 e. The summed E-state index contributed by atoms with van der Waals surface area (Å²) in [5.74, 6) is 0.743. The number of Topliss-reactive ketones (excluding diaryl/α,β-unsaturated/α-hetero) is 1. The summed E-state index contributed by atoms with van der Waals surface area (Å²) < 4.78 is 0.